The molecule has 72 valence electrons. The van der Waals surface area contributed by atoms with Gasteiger partial charge in [0, 0.05) is 4.47 Å². The van der Waals surface area contributed by atoms with Crippen LogP contribution in [0.2, 0.25) is 0 Å². The van der Waals surface area contributed by atoms with E-state index in [-0.39, 0.29) is 0 Å². The highest BCUT2D eigenvalue weighted by Crippen LogP contribution is 2.26. The maximum Gasteiger partial charge on any atom is 0.0180 e. The Kier molecular flexibility index (Phi) is 3.98. The smallest absolute Gasteiger partial charge is 0.0180 e. The maximum atomic E-state index is 3.41. The molecule has 2 rings (SSSR count). The zero-order chi connectivity index (χ0) is 9.84. The zero-order valence-electron chi connectivity index (χ0n) is 8.60. The van der Waals surface area contributed by atoms with Crippen LogP contribution in [-0.2, 0) is 0 Å². The fourth-order valence-corrected chi connectivity index (χ4v) is 1.81. The van der Waals surface area contributed by atoms with Crippen molar-refractivity contribution in [3.05, 3.63) is 33.8 Å². The van der Waals surface area contributed by atoms with Crippen molar-refractivity contribution in [3.8, 4) is 0 Å². The summed E-state index contributed by atoms with van der Waals surface area (Å²) in [6.07, 6.45) is 2.97. The molecule has 0 radical (unpaired) electrons. The van der Waals surface area contributed by atoms with Gasteiger partial charge in [-0.1, -0.05) is 41.8 Å². The average molecular weight is 241 g/mol. The van der Waals surface area contributed by atoms with E-state index in [1.807, 2.05) is 0 Å². The first-order valence-corrected chi connectivity index (χ1v) is 5.61. The Morgan fingerprint density at radius 1 is 1.08 bits per heavy atom. The second kappa shape index (κ2) is 4.80. The predicted molar refractivity (Wildman–Crippen MR) is 62.0 cm³/mol. The number of hydrogen-bond donors (Lipinski definition) is 0. The maximum absolute atomic E-state index is 3.41. The molecule has 0 heterocycles. The van der Waals surface area contributed by atoms with Crippen LogP contribution in [-0.4, -0.2) is 0 Å². The van der Waals surface area contributed by atoms with E-state index in [1.165, 1.54) is 28.4 Å². The van der Waals surface area contributed by atoms with E-state index in [1.54, 1.807) is 0 Å². The van der Waals surface area contributed by atoms with Crippen LogP contribution in [0.25, 0.3) is 0 Å². The molecule has 0 nitrogen and oxygen atoms in total. The molecule has 1 fully saturated rings. The Balaban J connectivity index is 0.000000175. The molecule has 1 heteroatoms. The Morgan fingerprint density at radius 2 is 1.46 bits per heavy atom. The molecule has 0 unspecified atom stereocenters. The summed E-state index contributed by atoms with van der Waals surface area (Å²) in [6.45, 7) is 6.47. The third-order valence-electron chi connectivity index (χ3n) is 2.05. The van der Waals surface area contributed by atoms with Gasteiger partial charge in [-0.25, -0.2) is 0 Å². The summed E-state index contributed by atoms with van der Waals surface area (Å²) in [6, 6.07) is 6.37. The van der Waals surface area contributed by atoms with Gasteiger partial charge in [-0.3, -0.25) is 0 Å². The lowest BCUT2D eigenvalue weighted by Crippen LogP contribution is -1.74. The number of rotatable bonds is 0. The number of benzene rings is 1. The second-order valence-electron chi connectivity index (χ2n) is 3.99. The van der Waals surface area contributed by atoms with Gasteiger partial charge >= 0.3 is 0 Å². The summed E-state index contributed by atoms with van der Waals surface area (Å²) in [7, 11) is 0. The summed E-state index contributed by atoms with van der Waals surface area (Å²) >= 11 is 3.41. The third kappa shape index (κ3) is 5.09. The standard InChI is InChI=1S/C8H9Br.C4H8/c1-6-3-7(2)5-8(9)4-6;1-4-2-3-4/h3-5H,1-2H3;4H,2-3H2,1H3. The van der Waals surface area contributed by atoms with Crippen LogP contribution in [0, 0.1) is 19.8 Å². The molecule has 1 aliphatic rings. The van der Waals surface area contributed by atoms with E-state index in [2.05, 4.69) is 54.9 Å². The average Bonchev–Trinajstić information content (AvgIpc) is 2.69. The molecule has 0 amide bonds. The molecule has 0 aliphatic heterocycles. The third-order valence-corrected chi connectivity index (χ3v) is 2.51. The second-order valence-corrected chi connectivity index (χ2v) is 4.90. The lowest BCUT2D eigenvalue weighted by atomic mass is 10.2. The van der Waals surface area contributed by atoms with Crippen LogP contribution in [0.15, 0.2) is 22.7 Å². The van der Waals surface area contributed by atoms with Crippen LogP contribution in [0.5, 0.6) is 0 Å². The number of halogens is 1. The molecule has 13 heavy (non-hydrogen) atoms. The molecule has 0 bridgehead atoms. The van der Waals surface area contributed by atoms with Crippen molar-refractivity contribution in [2.75, 3.05) is 0 Å². The Bertz CT molecular complexity index is 224. The zero-order valence-corrected chi connectivity index (χ0v) is 10.2. The first-order valence-electron chi connectivity index (χ1n) is 4.81. The first kappa shape index (κ1) is 10.8. The van der Waals surface area contributed by atoms with Gasteiger partial charge in [0.25, 0.3) is 0 Å². The SMILES string of the molecule is CC1CC1.Cc1cc(C)cc(Br)c1. The van der Waals surface area contributed by atoms with E-state index < -0.39 is 0 Å². The van der Waals surface area contributed by atoms with Gasteiger partial charge in [0.05, 0.1) is 0 Å². The monoisotopic (exact) mass is 240 g/mol. The molecule has 1 aliphatic carbocycles. The molecule has 0 atom stereocenters. The van der Waals surface area contributed by atoms with E-state index in [9.17, 15) is 0 Å². The summed E-state index contributed by atoms with van der Waals surface area (Å²) < 4.78 is 1.17. The number of hydrogen-bond acceptors (Lipinski definition) is 0. The molecule has 0 N–H and O–H groups in total. The van der Waals surface area contributed by atoms with Gasteiger partial charge in [0.2, 0.25) is 0 Å². The predicted octanol–water partition coefficient (Wildman–Crippen LogP) is 4.48. The molecule has 1 saturated carbocycles. The van der Waals surface area contributed by atoms with Crippen molar-refractivity contribution >= 4 is 15.9 Å². The fraction of sp³-hybridized carbons (Fsp3) is 0.500. The highest BCUT2D eigenvalue weighted by atomic mass is 79.9. The number of aryl methyl sites for hydroxylation is 2. The van der Waals surface area contributed by atoms with Crippen molar-refractivity contribution in [1.82, 2.24) is 0 Å². The van der Waals surface area contributed by atoms with Crippen molar-refractivity contribution in [2.24, 2.45) is 5.92 Å². The van der Waals surface area contributed by atoms with Crippen molar-refractivity contribution in [1.29, 1.82) is 0 Å². The minimum Gasteiger partial charge on any atom is -0.0625 e. The normalized spacial score (nSPS) is 14.8. The van der Waals surface area contributed by atoms with Crippen LogP contribution in [0.4, 0.5) is 0 Å². The summed E-state index contributed by atoms with van der Waals surface area (Å²) in [5.74, 6) is 1.08. The minimum atomic E-state index is 1.08. The van der Waals surface area contributed by atoms with E-state index in [4.69, 9.17) is 0 Å². The van der Waals surface area contributed by atoms with E-state index >= 15 is 0 Å². The molecule has 1 aromatic rings. The first-order chi connectivity index (χ1) is 6.08. The highest BCUT2D eigenvalue weighted by molar-refractivity contribution is 9.10. The molecular weight excluding hydrogens is 224 g/mol. The Morgan fingerprint density at radius 3 is 1.69 bits per heavy atom. The molecule has 0 saturated heterocycles. The largest absolute Gasteiger partial charge is 0.0625 e. The Hall–Kier alpha value is -0.300. The molecule has 0 spiro atoms. The van der Waals surface area contributed by atoms with Gasteiger partial charge in [-0.2, -0.15) is 0 Å². The summed E-state index contributed by atoms with van der Waals surface area (Å²) in [5, 5.41) is 0. The molecule has 0 aromatic heterocycles. The van der Waals surface area contributed by atoms with Crippen LogP contribution in [0.3, 0.4) is 0 Å². The quantitative estimate of drug-likeness (QED) is 0.628. The van der Waals surface area contributed by atoms with Crippen LogP contribution in [0.1, 0.15) is 30.9 Å². The van der Waals surface area contributed by atoms with Crippen molar-refractivity contribution < 1.29 is 0 Å². The van der Waals surface area contributed by atoms with E-state index in [0.29, 0.717) is 0 Å². The lowest BCUT2D eigenvalue weighted by Gasteiger charge is -1.95. The van der Waals surface area contributed by atoms with Crippen molar-refractivity contribution in [2.45, 2.75) is 33.6 Å². The van der Waals surface area contributed by atoms with Gasteiger partial charge in [0.1, 0.15) is 0 Å². The summed E-state index contributed by atoms with van der Waals surface area (Å²) in [4.78, 5) is 0. The van der Waals surface area contributed by atoms with Gasteiger partial charge in [-0.15, -0.1) is 0 Å². The fourth-order valence-electron chi connectivity index (χ4n) is 1.09. The molecule has 1 aromatic carbocycles. The van der Waals surface area contributed by atoms with Crippen molar-refractivity contribution in [3.63, 3.8) is 0 Å². The van der Waals surface area contributed by atoms with Gasteiger partial charge in [-0.05, 0) is 43.0 Å². The minimum absolute atomic E-state index is 1.08. The van der Waals surface area contributed by atoms with Gasteiger partial charge in [0.15, 0.2) is 0 Å². The Labute approximate surface area is 89.5 Å². The van der Waals surface area contributed by atoms with E-state index in [0.717, 1.165) is 5.92 Å². The van der Waals surface area contributed by atoms with Gasteiger partial charge < -0.3 is 0 Å². The van der Waals surface area contributed by atoms with Crippen LogP contribution < -0.4 is 0 Å². The molecular formula is C12H17Br. The lowest BCUT2D eigenvalue weighted by molar-refractivity contribution is 0.983. The topological polar surface area (TPSA) is 0 Å². The highest BCUT2D eigenvalue weighted by Gasteiger charge is 2.12. The van der Waals surface area contributed by atoms with Crippen LogP contribution >= 0.6 is 15.9 Å². The summed E-state index contributed by atoms with van der Waals surface area (Å²) in [5.41, 5.74) is 2.61.